The molecule has 0 saturated carbocycles. The Kier molecular flexibility index (Phi) is 5.57. The van der Waals surface area contributed by atoms with Crippen LogP contribution in [-0.2, 0) is 9.68 Å². The molecule has 1 N–H and O–H groups in total. The molecule has 1 aromatic rings. The molecule has 0 aliphatic rings. The molecule has 0 amide bonds. The molecule has 5 heteroatoms. The minimum atomic E-state index is -1.28. The summed E-state index contributed by atoms with van der Waals surface area (Å²) in [6, 6.07) is 7.84. The van der Waals surface area contributed by atoms with Gasteiger partial charge in [0, 0.05) is 5.56 Å². The number of carbonyl (C=O) groups excluding carboxylic acids is 2. The molecule has 0 spiro atoms. The molecule has 4 nitrogen and oxygen atoms in total. The molecule has 13 heavy (non-hydrogen) atoms. The SMILES string of the molecule is O=C(OO)C(=O)c1ccccc1.[NaH]. The molecule has 0 aliphatic heterocycles. The number of Topliss-reactive ketones (excluding diaryl/α,β-unsaturated/α-hetero) is 1. The molecule has 0 atom stereocenters. The van der Waals surface area contributed by atoms with Gasteiger partial charge in [-0.1, -0.05) is 30.3 Å². The second kappa shape index (κ2) is 5.88. The van der Waals surface area contributed by atoms with Crippen molar-refractivity contribution in [3.8, 4) is 0 Å². The van der Waals surface area contributed by atoms with E-state index in [2.05, 4.69) is 4.89 Å². The third-order valence-electron chi connectivity index (χ3n) is 1.30. The van der Waals surface area contributed by atoms with Crippen molar-refractivity contribution in [2.75, 3.05) is 0 Å². The summed E-state index contributed by atoms with van der Waals surface area (Å²) in [5.74, 6) is -2.14. The average molecular weight is 190 g/mol. The van der Waals surface area contributed by atoms with Gasteiger partial charge in [-0.25, -0.2) is 4.79 Å². The first kappa shape index (κ1) is 12.3. The van der Waals surface area contributed by atoms with E-state index in [1.54, 1.807) is 18.2 Å². The van der Waals surface area contributed by atoms with Gasteiger partial charge in [-0.2, -0.15) is 5.26 Å². The van der Waals surface area contributed by atoms with Crippen LogP contribution in [0, 0.1) is 0 Å². The number of hydrogen-bond donors (Lipinski definition) is 1. The number of hydrogen-bond acceptors (Lipinski definition) is 4. The molecule has 0 bridgehead atoms. The van der Waals surface area contributed by atoms with E-state index in [0.29, 0.717) is 0 Å². The molecule has 0 fully saturated rings. The van der Waals surface area contributed by atoms with Crippen LogP contribution in [0.25, 0.3) is 0 Å². The zero-order valence-electron chi connectivity index (χ0n) is 6.06. The Balaban J connectivity index is 0.00000144. The Morgan fingerprint density at radius 2 is 1.69 bits per heavy atom. The quantitative estimate of drug-likeness (QED) is 0.238. The molecule has 0 unspecified atom stereocenters. The van der Waals surface area contributed by atoms with Crippen molar-refractivity contribution in [3.63, 3.8) is 0 Å². The van der Waals surface area contributed by atoms with Crippen LogP contribution in [0.2, 0.25) is 0 Å². The van der Waals surface area contributed by atoms with Gasteiger partial charge in [0.15, 0.2) is 0 Å². The molecule has 1 rings (SSSR count). The van der Waals surface area contributed by atoms with E-state index in [0.717, 1.165) is 0 Å². The second-order valence-corrected chi connectivity index (χ2v) is 2.07. The van der Waals surface area contributed by atoms with E-state index in [9.17, 15) is 9.59 Å². The summed E-state index contributed by atoms with van der Waals surface area (Å²) in [4.78, 5) is 24.7. The number of benzene rings is 1. The van der Waals surface area contributed by atoms with Crippen LogP contribution in [0.5, 0.6) is 0 Å². The van der Waals surface area contributed by atoms with Crippen LogP contribution in [0.4, 0.5) is 0 Å². The van der Waals surface area contributed by atoms with E-state index < -0.39 is 11.8 Å². The van der Waals surface area contributed by atoms with Gasteiger partial charge in [0.1, 0.15) is 0 Å². The maximum atomic E-state index is 10.9. The van der Waals surface area contributed by atoms with E-state index in [-0.39, 0.29) is 35.1 Å². The first-order valence-electron chi connectivity index (χ1n) is 3.21. The van der Waals surface area contributed by atoms with Crippen LogP contribution in [0.15, 0.2) is 30.3 Å². The first-order valence-corrected chi connectivity index (χ1v) is 3.21. The van der Waals surface area contributed by atoms with E-state index in [1.165, 1.54) is 12.1 Å². The molecule has 64 valence electrons. The number of carbonyl (C=O) groups is 2. The average Bonchev–Trinajstić information content (AvgIpc) is 2.17. The fourth-order valence-electron chi connectivity index (χ4n) is 0.749. The summed E-state index contributed by atoms with van der Waals surface area (Å²) >= 11 is 0. The molecule has 0 radical (unpaired) electrons. The van der Waals surface area contributed by atoms with Crippen LogP contribution < -0.4 is 0 Å². The van der Waals surface area contributed by atoms with Crippen molar-refractivity contribution in [1.29, 1.82) is 0 Å². The van der Waals surface area contributed by atoms with Crippen LogP contribution in [-0.4, -0.2) is 46.6 Å². The molecule has 0 aliphatic carbocycles. The first-order chi connectivity index (χ1) is 5.75. The van der Waals surface area contributed by atoms with Crippen molar-refractivity contribution in [2.45, 2.75) is 0 Å². The maximum absolute atomic E-state index is 10.9. The van der Waals surface area contributed by atoms with Crippen LogP contribution >= 0.6 is 0 Å². The molecule has 1 aromatic carbocycles. The Morgan fingerprint density at radius 1 is 1.15 bits per heavy atom. The number of rotatable bonds is 2. The van der Waals surface area contributed by atoms with E-state index >= 15 is 0 Å². The van der Waals surface area contributed by atoms with Gasteiger partial charge in [-0.3, -0.25) is 9.68 Å². The molecule has 0 saturated heterocycles. The summed E-state index contributed by atoms with van der Waals surface area (Å²) in [5, 5.41) is 7.90. The third-order valence-corrected chi connectivity index (χ3v) is 1.30. The monoisotopic (exact) mass is 190 g/mol. The molecule has 0 aromatic heterocycles. The van der Waals surface area contributed by atoms with Gasteiger partial charge < -0.3 is 0 Å². The molecule has 0 heterocycles. The third kappa shape index (κ3) is 3.28. The van der Waals surface area contributed by atoms with E-state index in [1.807, 2.05) is 0 Å². The van der Waals surface area contributed by atoms with Crippen molar-refractivity contribution in [3.05, 3.63) is 35.9 Å². The van der Waals surface area contributed by atoms with Crippen LogP contribution in [0.1, 0.15) is 10.4 Å². The summed E-state index contributed by atoms with van der Waals surface area (Å²) in [5.41, 5.74) is 0.191. The zero-order chi connectivity index (χ0) is 8.97. The Morgan fingerprint density at radius 3 is 2.15 bits per heavy atom. The zero-order valence-corrected chi connectivity index (χ0v) is 6.06. The van der Waals surface area contributed by atoms with Crippen molar-refractivity contribution in [2.24, 2.45) is 0 Å². The normalized spacial score (nSPS) is 8.38. The fourth-order valence-corrected chi connectivity index (χ4v) is 0.749. The molecular formula is C8H7NaO4. The predicted molar refractivity (Wildman–Crippen MR) is 46.6 cm³/mol. The van der Waals surface area contributed by atoms with E-state index in [4.69, 9.17) is 5.26 Å². The van der Waals surface area contributed by atoms with Gasteiger partial charge in [-0.05, 0) is 0 Å². The predicted octanol–water partition coefficient (Wildman–Crippen LogP) is 0.237. The minimum absolute atomic E-state index is 0. The Bertz CT molecular complexity index is 296. The van der Waals surface area contributed by atoms with Crippen molar-refractivity contribution >= 4 is 41.3 Å². The van der Waals surface area contributed by atoms with Gasteiger partial charge >= 0.3 is 35.5 Å². The van der Waals surface area contributed by atoms with Crippen LogP contribution in [0.3, 0.4) is 0 Å². The summed E-state index contributed by atoms with van der Waals surface area (Å²) in [6.07, 6.45) is 0. The second-order valence-electron chi connectivity index (χ2n) is 2.07. The molecular weight excluding hydrogens is 183 g/mol. The summed E-state index contributed by atoms with van der Waals surface area (Å²) < 4.78 is 0. The number of ketones is 1. The summed E-state index contributed by atoms with van der Waals surface area (Å²) in [7, 11) is 0. The van der Waals surface area contributed by atoms with Gasteiger partial charge in [-0.15, -0.1) is 0 Å². The van der Waals surface area contributed by atoms with Gasteiger partial charge in [0.2, 0.25) is 0 Å². The van der Waals surface area contributed by atoms with Gasteiger partial charge in [0.25, 0.3) is 5.78 Å². The Labute approximate surface area is 96.7 Å². The summed E-state index contributed by atoms with van der Waals surface area (Å²) in [6.45, 7) is 0. The Hall–Kier alpha value is -0.680. The fraction of sp³-hybridized carbons (Fsp3) is 0. The topological polar surface area (TPSA) is 63.6 Å². The van der Waals surface area contributed by atoms with Gasteiger partial charge in [0.05, 0.1) is 0 Å². The standard InChI is InChI=1S/C8H6O4.Na.H/c9-7(8(10)12-11)6-4-2-1-3-5-6;;/h1-5,11H;;. The van der Waals surface area contributed by atoms with Crippen molar-refractivity contribution in [1.82, 2.24) is 0 Å². The van der Waals surface area contributed by atoms with Crippen molar-refractivity contribution < 1.29 is 19.7 Å².